The lowest BCUT2D eigenvalue weighted by molar-refractivity contribution is 0.0516. The van der Waals surface area contributed by atoms with Crippen molar-refractivity contribution in [3.8, 4) is 11.1 Å². The Hall–Kier alpha value is -2.85. The highest BCUT2D eigenvalue weighted by molar-refractivity contribution is 6.15. The van der Waals surface area contributed by atoms with Crippen LogP contribution in [0.15, 0.2) is 17.1 Å². The molecule has 9 nitrogen and oxygen atoms in total. The summed E-state index contributed by atoms with van der Waals surface area (Å²) in [5, 5.41) is 38.7. The molecule has 0 amide bonds. The van der Waals surface area contributed by atoms with E-state index in [1.807, 2.05) is 0 Å². The van der Waals surface area contributed by atoms with Gasteiger partial charge in [-0.15, -0.1) is 0 Å². The van der Waals surface area contributed by atoms with Crippen LogP contribution < -0.4 is 0 Å². The van der Waals surface area contributed by atoms with E-state index in [0.717, 1.165) is 0 Å². The minimum atomic E-state index is -0.698. The van der Waals surface area contributed by atoms with Gasteiger partial charge in [0.1, 0.15) is 12.4 Å². The summed E-state index contributed by atoms with van der Waals surface area (Å²) in [6, 6.07) is 3.21. The van der Waals surface area contributed by atoms with Gasteiger partial charge in [-0.2, -0.15) is 0 Å². The predicted octanol–water partition coefficient (Wildman–Crippen LogP) is 1.30. The molecule has 1 aliphatic carbocycles. The van der Waals surface area contributed by atoms with E-state index in [9.17, 15) is 24.9 Å². The Balaban J connectivity index is 2.36. The van der Waals surface area contributed by atoms with Crippen molar-refractivity contribution < 1.29 is 34.8 Å². The molecule has 3 rings (SSSR count). The quantitative estimate of drug-likeness (QED) is 0.216. The van der Waals surface area contributed by atoms with Crippen LogP contribution in [0.3, 0.4) is 0 Å². The van der Waals surface area contributed by atoms with E-state index in [-0.39, 0.29) is 41.9 Å². The number of aromatic nitrogens is 1. The van der Waals surface area contributed by atoms with Crippen LogP contribution in [0.1, 0.15) is 63.0 Å². The van der Waals surface area contributed by atoms with Crippen LogP contribution in [0, 0.1) is 5.92 Å². The number of hydrogen-bond acceptors (Lipinski definition) is 8. The molecule has 0 bridgehead atoms. The highest BCUT2D eigenvalue weighted by Gasteiger charge is 2.37. The average Bonchev–Trinajstić information content (AvgIpc) is 3.56. The first-order chi connectivity index (χ1) is 15.0. The third kappa shape index (κ3) is 4.45. The van der Waals surface area contributed by atoms with Crippen molar-refractivity contribution >= 4 is 18.0 Å². The molecular weight excluding hydrogens is 404 g/mol. The summed E-state index contributed by atoms with van der Waals surface area (Å²) in [5.41, 5.74) is 2.26. The number of rotatable bonds is 10. The van der Waals surface area contributed by atoms with Gasteiger partial charge in [0, 0.05) is 17.7 Å². The minimum Gasteiger partial charge on any atom is -0.461 e. The summed E-state index contributed by atoms with van der Waals surface area (Å²) in [7, 11) is 0. The molecule has 9 heteroatoms. The molecule has 1 heterocycles. The number of carbonyl (C=O) groups excluding carboxylic acids is 2. The average molecular weight is 430 g/mol. The van der Waals surface area contributed by atoms with E-state index in [1.54, 1.807) is 19.1 Å². The predicted molar refractivity (Wildman–Crippen MR) is 112 cm³/mol. The van der Waals surface area contributed by atoms with Crippen molar-refractivity contribution in [2.75, 3.05) is 13.3 Å². The van der Waals surface area contributed by atoms with Crippen LogP contribution >= 0.6 is 0 Å². The lowest BCUT2D eigenvalue weighted by atomic mass is 9.88. The van der Waals surface area contributed by atoms with Crippen molar-refractivity contribution in [2.45, 2.75) is 39.6 Å². The zero-order chi connectivity index (χ0) is 22.5. The van der Waals surface area contributed by atoms with Gasteiger partial charge in [0.05, 0.1) is 37.7 Å². The number of Topliss-reactive ketones (excluding diaryl/α,β-unsaturated/α-hetero) is 1. The second-order valence-corrected chi connectivity index (χ2v) is 7.18. The number of H-pyrrole nitrogens is 1. The Morgan fingerprint density at radius 3 is 2.39 bits per heavy atom. The first-order valence-corrected chi connectivity index (χ1v) is 10.1. The van der Waals surface area contributed by atoms with E-state index in [2.05, 4.69) is 9.98 Å². The fraction of sp³-hybridized carbons (Fsp3) is 0.409. The standard InChI is InChI=1S/C22H26N2O7/c1-2-31-22(30)20-19(21(29)12-3-4-12)18(17(24-20)7-23-11-28)14-6-5-13(8-25)15(9-26)16(14)10-27/h5-7,12,24-28H,2-4,8-11H2,1H3. The number of ether oxygens (including phenoxy) is 1. The summed E-state index contributed by atoms with van der Waals surface area (Å²) >= 11 is 0. The van der Waals surface area contributed by atoms with E-state index < -0.39 is 25.9 Å². The topological polar surface area (TPSA) is 152 Å². The molecule has 5 N–H and O–H groups in total. The van der Waals surface area contributed by atoms with Crippen molar-refractivity contribution in [3.63, 3.8) is 0 Å². The molecule has 166 valence electrons. The summed E-state index contributed by atoms with van der Waals surface area (Å²) < 4.78 is 5.13. The molecule has 2 aromatic rings. The molecule has 1 aliphatic rings. The number of aliphatic hydroxyl groups is 4. The number of carbonyl (C=O) groups is 2. The third-order valence-corrected chi connectivity index (χ3v) is 5.29. The number of aliphatic hydroxyl groups excluding tert-OH is 4. The van der Waals surface area contributed by atoms with Crippen molar-refractivity contribution in [1.82, 2.24) is 4.98 Å². The molecule has 0 atom stereocenters. The molecule has 0 spiro atoms. The summed E-state index contributed by atoms with van der Waals surface area (Å²) in [5.74, 6) is -1.13. The number of nitrogens with zero attached hydrogens (tertiary/aromatic N) is 1. The van der Waals surface area contributed by atoms with E-state index in [0.29, 0.717) is 40.7 Å². The van der Waals surface area contributed by atoms with E-state index in [1.165, 1.54) is 6.21 Å². The highest BCUT2D eigenvalue weighted by Crippen LogP contribution is 2.41. The summed E-state index contributed by atoms with van der Waals surface area (Å²) in [4.78, 5) is 32.6. The Kier molecular flexibility index (Phi) is 7.34. The lowest BCUT2D eigenvalue weighted by Crippen LogP contribution is -2.13. The minimum absolute atomic E-state index is 0.0196. The van der Waals surface area contributed by atoms with Gasteiger partial charge >= 0.3 is 5.97 Å². The molecule has 0 saturated heterocycles. The van der Waals surface area contributed by atoms with Crippen LogP contribution in [0.5, 0.6) is 0 Å². The fourth-order valence-electron chi connectivity index (χ4n) is 3.68. The molecule has 1 fully saturated rings. The summed E-state index contributed by atoms with van der Waals surface area (Å²) in [6.07, 6.45) is 2.73. The van der Waals surface area contributed by atoms with Gasteiger partial charge in [0.15, 0.2) is 5.78 Å². The second kappa shape index (κ2) is 9.97. The molecule has 31 heavy (non-hydrogen) atoms. The lowest BCUT2D eigenvalue weighted by Gasteiger charge is -2.16. The van der Waals surface area contributed by atoms with Crippen LogP contribution in [0.2, 0.25) is 0 Å². The Bertz CT molecular complexity index is 1010. The number of benzene rings is 1. The van der Waals surface area contributed by atoms with Gasteiger partial charge in [0.2, 0.25) is 0 Å². The van der Waals surface area contributed by atoms with Gasteiger partial charge < -0.3 is 30.1 Å². The Morgan fingerprint density at radius 2 is 1.84 bits per heavy atom. The number of ketones is 1. The second-order valence-electron chi connectivity index (χ2n) is 7.18. The smallest absolute Gasteiger partial charge is 0.355 e. The number of esters is 1. The maximum atomic E-state index is 13.2. The van der Waals surface area contributed by atoms with Crippen molar-refractivity contribution in [3.05, 3.63) is 45.8 Å². The first kappa shape index (κ1) is 22.8. The molecule has 0 aliphatic heterocycles. The summed E-state index contributed by atoms with van der Waals surface area (Å²) in [6.45, 7) is 0.0388. The molecular formula is C22H26N2O7. The Morgan fingerprint density at radius 1 is 1.13 bits per heavy atom. The van der Waals surface area contributed by atoms with E-state index >= 15 is 0 Å². The van der Waals surface area contributed by atoms with Crippen LogP contribution in [0.25, 0.3) is 11.1 Å². The van der Waals surface area contributed by atoms with Crippen LogP contribution in [-0.2, 0) is 24.6 Å². The molecule has 0 unspecified atom stereocenters. The van der Waals surface area contributed by atoms with E-state index in [4.69, 9.17) is 9.84 Å². The highest BCUT2D eigenvalue weighted by atomic mass is 16.5. The van der Waals surface area contributed by atoms with Gasteiger partial charge in [-0.05, 0) is 42.0 Å². The van der Waals surface area contributed by atoms with Crippen molar-refractivity contribution in [2.24, 2.45) is 10.9 Å². The molecule has 1 aromatic heterocycles. The third-order valence-electron chi connectivity index (χ3n) is 5.29. The van der Waals surface area contributed by atoms with Gasteiger partial charge in [-0.3, -0.25) is 9.79 Å². The first-order valence-electron chi connectivity index (χ1n) is 10.1. The van der Waals surface area contributed by atoms with Gasteiger partial charge in [0.25, 0.3) is 0 Å². The van der Waals surface area contributed by atoms with Crippen molar-refractivity contribution in [1.29, 1.82) is 0 Å². The van der Waals surface area contributed by atoms with Crippen LogP contribution in [0.4, 0.5) is 0 Å². The fourth-order valence-corrected chi connectivity index (χ4v) is 3.68. The SMILES string of the molecule is CCOC(=O)c1[nH]c(C=NCO)c(-c2ccc(CO)c(CO)c2CO)c1C(=O)C1CC1. The zero-order valence-corrected chi connectivity index (χ0v) is 17.2. The molecule has 0 radical (unpaired) electrons. The monoisotopic (exact) mass is 430 g/mol. The number of aromatic amines is 1. The Labute approximate surface area is 179 Å². The number of nitrogens with one attached hydrogen (secondary N) is 1. The maximum absolute atomic E-state index is 13.2. The molecule has 1 aromatic carbocycles. The largest absolute Gasteiger partial charge is 0.461 e. The zero-order valence-electron chi connectivity index (χ0n) is 17.2. The number of hydrogen-bond donors (Lipinski definition) is 5. The van der Waals surface area contributed by atoms with Crippen LogP contribution in [-0.4, -0.2) is 56.7 Å². The normalized spacial score (nSPS) is 13.7. The maximum Gasteiger partial charge on any atom is 0.355 e. The van der Waals surface area contributed by atoms with Gasteiger partial charge in [-0.25, -0.2) is 4.79 Å². The molecule has 1 saturated carbocycles. The number of aliphatic imine (C=N–C) groups is 1. The van der Waals surface area contributed by atoms with Gasteiger partial charge in [-0.1, -0.05) is 12.1 Å².